The molecule has 32 heavy (non-hydrogen) atoms. The number of rotatable bonds is 6. The second-order valence-electron chi connectivity index (χ2n) is 8.92. The maximum Gasteiger partial charge on any atom is 0.303 e. The Labute approximate surface area is 185 Å². The summed E-state index contributed by atoms with van der Waals surface area (Å²) in [5, 5.41) is 9.05. The standard InChI is InChI=1S/C25H25FN2O4/c26-16-7-5-15(6-8-16)25(32)28-20-4-2-1-3-18(20)24(19-11-12-21(19)28)27(17-9-10-17)22(29)13-14-23(30)31/h1-8,17,19,21,24H,9-14H2,(H,30,31)/t19-,21+,24+/m1/s1. The molecular weight excluding hydrogens is 411 g/mol. The van der Waals surface area contributed by atoms with Crippen LogP contribution in [0.5, 0.6) is 0 Å². The van der Waals surface area contributed by atoms with E-state index in [2.05, 4.69) is 0 Å². The number of carboxylic acid groups (broad SMARTS) is 1. The lowest BCUT2D eigenvalue weighted by molar-refractivity contribution is -0.143. The quantitative estimate of drug-likeness (QED) is 0.738. The summed E-state index contributed by atoms with van der Waals surface area (Å²) < 4.78 is 13.4. The molecule has 2 amide bonds. The van der Waals surface area contributed by atoms with Gasteiger partial charge in [0.1, 0.15) is 5.82 Å². The van der Waals surface area contributed by atoms with Gasteiger partial charge < -0.3 is 14.9 Å². The molecule has 2 saturated carbocycles. The van der Waals surface area contributed by atoms with Crippen molar-refractivity contribution >= 4 is 23.5 Å². The van der Waals surface area contributed by atoms with E-state index in [4.69, 9.17) is 5.11 Å². The van der Waals surface area contributed by atoms with Crippen molar-refractivity contribution in [1.29, 1.82) is 0 Å². The van der Waals surface area contributed by atoms with Gasteiger partial charge in [0.05, 0.1) is 12.5 Å². The summed E-state index contributed by atoms with van der Waals surface area (Å²) in [6.45, 7) is 0. The number of para-hydroxylation sites is 1. The highest BCUT2D eigenvalue weighted by Crippen LogP contribution is 2.54. The van der Waals surface area contributed by atoms with Crippen LogP contribution in [0.1, 0.15) is 60.5 Å². The second-order valence-corrected chi connectivity index (χ2v) is 8.92. The number of amides is 2. The number of benzene rings is 2. The fourth-order valence-corrected chi connectivity index (χ4v) is 5.19. The largest absolute Gasteiger partial charge is 0.481 e. The molecule has 1 heterocycles. The molecule has 7 heteroatoms. The Bertz CT molecular complexity index is 1070. The molecule has 0 unspecified atom stereocenters. The van der Waals surface area contributed by atoms with Crippen molar-refractivity contribution in [2.24, 2.45) is 5.92 Å². The normalized spacial score (nSPS) is 23.5. The van der Waals surface area contributed by atoms with Crippen LogP contribution in [-0.2, 0) is 9.59 Å². The molecule has 6 nitrogen and oxygen atoms in total. The first kappa shape index (κ1) is 20.7. The average molecular weight is 436 g/mol. The molecule has 166 valence electrons. The minimum absolute atomic E-state index is 0.0138. The summed E-state index contributed by atoms with van der Waals surface area (Å²) in [5.74, 6) is -1.55. The summed E-state index contributed by atoms with van der Waals surface area (Å²) in [5.41, 5.74) is 2.14. The number of fused-ring (bicyclic) bond motifs is 2. The number of carbonyl (C=O) groups is 3. The summed E-state index contributed by atoms with van der Waals surface area (Å²) in [6, 6.07) is 13.2. The number of carbonyl (C=O) groups excluding carboxylic acids is 2. The molecule has 0 saturated heterocycles. The monoisotopic (exact) mass is 436 g/mol. The van der Waals surface area contributed by atoms with Crippen LogP contribution in [0.2, 0.25) is 0 Å². The van der Waals surface area contributed by atoms with Gasteiger partial charge in [-0.15, -0.1) is 0 Å². The molecule has 2 aliphatic carbocycles. The van der Waals surface area contributed by atoms with E-state index in [1.807, 2.05) is 34.1 Å². The van der Waals surface area contributed by atoms with Crippen LogP contribution in [0.4, 0.5) is 10.1 Å². The van der Waals surface area contributed by atoms with Crippen molar-refractivity contribution in [1.82, 2.24) is 4.90 Å². The van der Waals surface area contributed by atoms with E-state index in [0.717, 1.165) is 36.9 Å². The maximum atomic E-state index is 13.5. The predicted octanol–water partition coefficient (Wildman–Crippen LogP) is 4.16. The number of nitrogens with zero attached hydrogens (tertiary/aromatic N) is 2. The van der Waals surface area contributed by atoms with Crippen molar-refractivity contribution in [2.75, 3.05) is 4.90 Å². The SMILES string of the molecule is O=C(O)CCC(=O)N(C1CC1)[C@H]1c2ccccc2N(C(=O)c2ccc(F)cc2)[C@H]2CC[C@H]21. The number of carboxylic acids is 1. The zero-order valence-corrected chi connectivity index (χ0v) is 17.6. The molecule has 0 bridgehead atoms. The van der Waals surface area contributed by atoms with Gasteiger partial charge in [-0.2, -0.15) is 0 Å². The first-order chi connectivity index (χ1) is 15.5. The van der Waals surface area contributed by atoms with Crippen molar-refractivity contribution in [2.45, 2.75) is 56.7 Å². The van der Waals surface area contributed by atoms with Crippen LogP contribution in [0.3, 0.4) is 0 Å². The third-order valence-corrected chi connectivity index (χ3v) is 6.93. The predicted molar refractivity (Wildman–Crippen MR) is 116 cm³/mol. The summed E-state index contributed by atoms with van der Waals surface area (Å²) in [7, 11) is 0. The van der Waals surface area contributed by atoms with Gasteiger partial charge >= 0.3 is 5.97 Å². The number of aliphatic carboxylic acids is 1. The Balaban J connectivity index is 1.52. The highest BCUT2D eigenvalue weighted by Gasteiger charge is 2.53. The molecule has 2 aromatic carbocycles. The fourth-order valence-electron chi connectivity index (χ4n) is 5.19. The van der Waals surface area contributed by atoms with Crippen LogP contribution < -0.4 is 4.90 Å². The molecule has 0 radical (unpaired) electrons. The first-order valence-electron chi connectivity index (χ1n) is 11.2. The zero-order chi connectivity index (χ0) is 22.4. The lowest BCUT2D eigenvalue weighted by Crippen LogP contribution is -2.59. The number of hydrogen-bond acceptors (Lipinski definition) is 3. The topological polar surface area (TPSA) is 77.9 Å². The third kappa shape index (κ3) is 3.55. The highest BCUT2D eigenvalue weighted by atomic mass is 19.1. The van der Waals surface area contributed by atoms with Crippen LogP contribution in [0.15, 0.2) is 48.5 Å². The van der Waals surface area contributed by atoms with Crippen LogP contribution in [-0.4, -0.2) is 39.9 Å². The van der Waals surface area contributed by atoms with E-state index in [-0.39, 0.29) is 54.5 Å². The Kier molecular flexibility index (Phi) is 5.19. The average Bonchev–Trinajstić information content (AvgIpc) is 3.59. The van der Waals surface area contributed by atoms with Gasteiger partial charge in [0.25, 0.3) is 5.91 Å². The zero-order valence-electron chi connectivity index (χ0n) is 17.6. The minimum Gasteiger partial charge on any atom is -0.481 e. The molecular formula is C25H25FN2O4. The van der Waals surface area contributed by atoms with E-state index >= 15 is 0 Å². The Morgan fingerprint density at radius 3 is 2.31 bits per heavy atom. The second kappa shape index (κ2) is 8.04. The summed E-state index contributed by atoms with van der Waals surface area (Å²) >= 11 is 0. The van der Waals surface area contributed by atoms with Crippen LogP contribution >= 0.6 is 0 Å². The molecule has 2 aromatic rings. The van der Waals surface area contributed by atoms with Crippen molar-refractivity contribution in [3.63, 3.8) is 0 Å². The molecule has 5 rings (SSSR count). The van der Waals surface area contributed by atoms with Gasteiger partial charge in [-0.25, -0.2) is 4.39 Å². The Hall–Kier alpha value is -3.22. The maximum absolute atomic E-state index is 13.5. The number of hydrogen-bond donors (Lipinski definition) is 1. The highest BCUT2D eigenvalue weighted by molar-refractivity contribution is 6.07. The fraction of sp³-hybridized carbons (Fsp3) is 0.400. The molecule has 2 fully saturated rings. The van der Waals surface area contributed by atoms with Gasteiger partial charge in [0.2, 0.25) is 5.91 Å². The Morgan fingerprint density at radius 2 is 1.69 bits per heavy atom. The van der Waals surface area contributed by atoms with Gasteiger partial charge in [0, 0.05) is 35.7 Å². The summed E-state index contributed by atoms with van der Waals surface area (Å²) in [4.78, 5) is 41.4. The van der Waals surface area contributed by atoms with Gasteiger partial charge in [-0.3, -0.25) is 14.4 Å². The third-order valence-electron chi connectivity index (χ3n) is 6.93. The van der Waals surface area contributed by atoms with Crippen LogP contribution in [0.25, 0.3) is 0 Å². The molecule has 1 N–H and O–H groups in total. The van der Waals surface area contributed by atoms with E-state index < -0.39 is 5.97 Å². The van der Waals surface area contributed by atoms with E-state index in [1.165, 1.54) is 24.3 Å². The Morgan fingerprint density at radius 1 is 0.969 bits per heavy atom. The van der Waals surface area contributed by atoms with Crippen molar-refractivity contribution in [3.8, 4) is 0 Å². The lowest BCUT2D eigenvalue weighted by atomic mass is 9.67. The number of halogens is 1. The van der Waals surface area contributed by atoms with Crippen LogP contribution in [0, 0.1) is 11.7 Å². The lowest BCUT2D eigenvalue weighted by Gasteiger charge is -2.55. The van der Waals surface area contributed by atoms with Gasteiger partial charge in [0.15, 0.2) is 0 Å². The van der Waals surface area contributed by atoms with E-state index in [1.54, 1.807) is 0 Å². The van der Waals surface area contributed by atoms with Crippen molar-refractivity contribution in [3.05, 3.63) is 65.5 Å². The number of anilines is 1. The van der Waals surface area contributed by atoms with E-state index in [9.17, 15) is 18.8 Å². The molecule has 1 aliphatic heterocycles. The molecule has 3 aliphatic rings. The molecule has 0 aromatic heterocycles. The van der Waals surface area contributed by atoms with Gasteiger partial charge in [-0.05, 0) is 61.6 Å². The molecule has 3 atom stereocenters. The van der Waals surface area contributed by atoms with E-state index in [0.29, 0.717) is 5.56 Å². The molecule has 0 spiro atoms. The van der Waals surface area contributed by atoms with Crippen molar-refractivity contribution < 1.29 is 23.9 Å². The summed E-state index contributed by atoms with van der Waals surface area (Å²) in [6.07, 6.45) is 3.39. The minimum atomic E-state index is -0.976. The first-order valence-corrected chi connectivity index (χ1v) is 11.2. The van der Waals surface area contributed by atoms with Gasteiger partial charge in [-0.1, -0.05) is 18.2 Å². The smallest absolute Gasteiger partial charge is 0.303 e.